The van der Waals surface area contributed by atoms with Crippen LogP contribution in [0.2, 0.25) is 0 Å². The molecule has 0 aliphatic carbocycles. The maximum atomic E-state index is 11.3. The van der Waals surface area contributed by atoms with Gasteiger partial charge in [-0.3, -0.25) is 14.1 Å². The average molecular weight is 287 g/mol. The molecule has 3 N–H and O–H groups in total. The van der Waals surface area contributed by atoms with Crippen molar-refractivity contribution in [2.24, 2.45) is 0 Å². The Morgan fingerprint density at radius 3 is 2.42 bits per heavy atom. The molecule has 0 fully saturated rings. The van der Waals surface area contributed by atoms with Gasteiger partial charge in [-0.25, -0.2) is 0 Å². The number of carboxylic acid groups (broad SMARTS) is 1. The van der Waals surface area contributed by atoms with E-state index < -0.39 is 28.5 Å². The van der Waals surface area contributed by atoms with Gasteiger partial charge in [0.2, 0.25) is 5.91 Å². The van der Waals surface area contributed by atoms with Crippen LogP contribution >= 0.6 is 0 Å². The average Bonchev–Trinajstić information content (AvgIpc) is 2.33. The molecule has 0 atom stereocenters. The van der Waals surface area contributed by atoms with Gasteiger partial charge in [0, 0.05) is 6.42 Å². The van der Waals surface area contributed by atoms with E-state index in [1.165, 1.54) is 18.2 Å². The second kappa shape index (κ2) is 6.30. The standard InChI is InChI=1S/C11H13NO6S/c13-10(12-7-11(14)15)6-5-8-3-1-2-4-9(8)19(16,17)18/h1-4H,5-7H2,(H,12,13)(H,14,15)(H,16,17,18). The minimum absolute atomic E-state index is 0.0696. The lowest BCUT2D eigenvalue weighted by molar-refractivity contribution is -0.137. The SMILES string of the molecule is O=C(O)CNC(=O)CCc1ccccc1S(=O)(=O)O. The highest BCUT2D eigenvalue weighted by Gasteiger charge is 2.15. The van der Waals surface area contributed by atoms with E-state index in [4.69, 9.17) is 9.66 Å². The number of benzene rings is 1. The van der Waals surface area contributed by atoms with Crippen LogP contribution in [-0.4, -0.2) is 36.5 Å². The first-order valence-corrected chi connectivity index (χ1v) is 6.78. The van der Waals surface area contributed by atoms with Crippen molar-refractivity contribution in [3.63, 3.8) is 0 Å². The van der Waals surface area contributed by atoms with Gasteiger partial charge in [0.15, 0.2) is 0 Å². The van der Waals surface area contributed by atoms with E-state index in [1.54, 1.807) is 6.07 Å². The third-order valence-electron chi connectivity index (χ3n) is 2.31. The molecule has 0 saturated carbocycles. The van der Waals surface area contributed by atoms with Crippen molar-refractivity contribution in [2.75, 3.05) is 6.54 Å². The molecule has 1 aromatic rings. The Bertz CT molecular complexity index is 581. The number of carbonyl (C=O) groups is 2. The largest absolute Gasteiger partial charge is 0.480 e. The van der Waals surface area contributed by atoms with Crippen LogP contribution in [0, 0.1) is 0 Å². The van der Waals surface area contributed by atoms with E-state index in [-0.39, 0.29) is 17.7 Å². The fourth-order valence-corrected chi connectivity index (χ4v) is 2.22. The molecule has 7 nitrogen and oxygen atoms in total. The summed E-state index contributed by atoms with van der Waals surface area (Å²) in [5.41, 5.74) is 0.301. The number of aliphatic carboxylic acids is 1. The highest BCUT2D eigenvalue weighted by molar-refractivity contribution is 7.85. The Morgan fingerprint density at radius 1 is 1.21 bits per heavy atom. The summed E-state index contributed by atoms with van der Waals surface area (Å²) in [6.45, 7) is -0.487. The van der Waals surface area contributed by atoms with Crippen molar-refractivity contribution >= 4 is 22.0 Å². The maximum absolute atomic E-state index is 11.3. The number of amides is 1. The summed E-state index contributed by atoms with van der Waals surface area (Å²) in [4.78, 5) is 21.3. The van der Waals surface area contributed by atoms with Gasteiger partial charge in [0.05, 0.1) is 4.90 Å². The van der Waals surface area contributed by atoms with Gasteiger partial charge in [0.1, 0.15) is 6.54 Å². The van der Waals surface area contributed by atoms with Crippen LogP contribution in [0.5, 0.6) is 0 Å². The molecule has 19 heavy (non-hydrogen) atoms. The number of carbonyl (C=O) groups excluding carboxylic acids is 1. The summed E-state index contributed by atoms with van der Waals surface area (Å²) < 4.78 is 31.2. The summed E-state index contributed by atoms with van der Waals surface area (Å²) in [6.07, 6.45) is 0.0151. The van der Waals surface area contributed by atoms with Crippen molar-refractivity contribution < 1.29 is 27.7 Å². The summed E-state index contributed by atoms with van der Waals surface area (Å²) in [5.74, 6) is -1.67. The first-order chi connectivity index (χ1) is 8.80. The molecule has 1 aromatic carbocycles. The topological polar surface area (TPSA) is 121 Å². The van der Waals surface area contributed by atoms with E-state index >= 15 is 0 Å². The molecular weight excluding hydrogens is 274 g/mol. The van der Waals surface area contributed by atoms with Crippen LogP contribution in [0.25, 0.3) is 0 Å². The smallest absolute Gasteiger partial charge is 0.322 e. The fourth-order valence-electron chi connectivity index (χ4n) is 1.47. The third kappa shape index (κ3) is 5.06. The lowest BCUT2D eigenvalue weighted by atomic mass is 10.1. The maximum Gasteiger partial charge on any atom is 0.322 e. The fraction of sp³-hybridized carbons (Fsp3) is 0.273. The van der Waals surface area contributed by atoms with Gasteiger partial charge >= 0.3 is 5.97 Å². The number of nitrogens with one attached hydrogen (secondary N) is 1. The minimum Gasteiger partial charge on any atom is -0.480 e. The quantitative estimate of drug-likeness (QED) is 0.636. The first-order valence-electron chi connectivity index (χ1n) is 5.34. The van der Waals surface area contributed by atoms with Crippen molar-refractivity contribution in [1.82, 2.24) is 5.32 Å². The first kappa shape index (κ1) is 15.1. The van der Waals surface area contributed by atoms with Gasteiger partial charge in [-0.2, -0.15) is 8.42 Å². The molecule has 0 radical (unpaired) electrons. The number of hydrogen-bond donors (Lipinski definition) is 3. The zero-order valence-electron chi connectivity index (χ0n) is 9.87. The lowest BCUT2D eigenvalue weighted by Gasteiger charge is -2.06. The van der Waals surface area contributed by atoms with Crippen LogP contribution in [0.1, 0.15) is 12.0 Å². The molecule has 0 unspecified atom stereocenters. The molecule has 0 saturated heterocycles. The third-order valence-corrected chi connectivity index (χ3v) is 3.26. The van der Waals surface area contributed by atoms with E-state index in [0.29, 0.717) is 5.56 Å². The zero-order valence-corrected chi connectivity index (χ0v) is 10.7. The van der Waals surface area contributed by atoms with E-state index in [0.717, 1.165) is 0 Å². The van der Waals surface area contributed by atoms with Gasteiger partial charge in [0.25, 0.3) is 10.1 Å². The second-order valence-electron chi connectivity index (χ2n) is 3.75. The molecule has 0 aliphatic heterocycles. The van der Waals surface area contributed by atoms with E-state index in [1.807, 2.05) is 0 Å². The summed E-state index contributed by atoms with van der Waals surface area (Å²) in [5, 5.41) is 10.5. The molecule has 0 bridgehead atoms. The normalized spacial score (nSPS) is 11.0. The Balaban J connectivity index is 2.69. The molecule has 0 aromatic heterocycles. The summed E-state index contributed by atoms with van der Waals surface area (Å²) in [6, 6.07) is 5.75. The zero-order chi connectivity index (χ0) is 14.5. The van der Waals surface area contributed by atoms with Gasteiger partial charge in [-0.05, 0) is 18.1 Å². The minimum atomic E-state index is -4.33. The van der Waals surface area contributed by atoms with Crippen molar-refractivity contribution in [1.29, 1.82) is 0 Å². The summed E-state index contributed by atoms with van der Waals surface area (Å²) >= 11 is 0. The predicted molar refractivity (Wildman–Crippen MR) is 65.2 cm³/mol. The van der Waals surface area contributed by atoms with Crippen molar-refractivity contribution in [3.05, 3.63) is 29.8 Å². The molecule has 0 spiro atoms. The molecular formula is C11H13NO6S. The van der Waals surface area contributed by atoms with E-state index in [2.05, 4.69) is 5.32 Å². The number of hydrogen-bond acceptors (Lipinski definition) is 4. The van der Waals surface area contributed by atoms with Crippen LogP contribution in [0.3, 0.4) is 0 Å². The van der Waals surface area contributed by atoms with E-state index in [9.17, 15) is 18.0 Å². The highest BCUT2D eigenvalue weighted by atomic mass is 32.2. The number of rotatable bonds is 6. The molecule has 104 valence electrons. The second-order valence-corrected chi connectivity index (χ2v) is 5.14. The molecule has 8 heteroatoms. The molecule has 1 rings (SSSR count). The van der Waals surface area contributed by atoms with Gasteiger partial charge in [-0.15, -0.1) is 0 Å². The van der Waals surface area contributed by atoms with Crippen LogP contribution in [0.15, 0.2) is 29.2 Å². The lowest BCUT2D eigenvalue weighted by Crippen LogP contribution is -2.29. The molecule has 0 heterocycles. The highest BCUT2D eigenvalue weighted by Crippen LogP contribution is 2.16. The molecule has 1 amide bonds. The Hall–Kier alpha value is -1.93. The predicted octanol–water partition coefficient (Wildman–Crippen LogP) is 0.0667. The van der Waals surface area contributed by atoms with Crippen molar-refractivity contribution in [2.45, 2.75) is 17.7 Å². The summed E-state index contributed by atoms with van der Waals surface area (Å²) in [7, 11) is -4.33. The van der Waals surface area contributed by atoms with Crippen LogP contribution < -0.4 is 5.32 Å². The van der Waals surface area contributed by atoms with Crippen LogP contribution in [0.4, 0.5) is 0 Å². The monoisotopic (exact) mass is 287 g/mol. The van der Waals surface area contributed by atoms with Crippen molar-refractivity contribution in [3.8, 4) is 0 Å². The molecule has 0 aliphatic rings. The number of carboxylic acids is 1. The Kier molecular flexibility index (Phi) is 5.02. The Morgan fingerprint density at radius 2 is 1.84 bits per heavy atom. The van der Waals surface area contributed by atoms with Gasteiger partial charge in [-0.1, -0.05) is 18.2 Å². The number of aryl methyl sites for hydroxylation is 1. The van der Waals surface area contributed by atoms with Crippen LogP contribution in [-0.2, 0) is 26.1 Å². The Labute approximate surface area is 110 Å². The van der Waals surface area contributed by atoms with Gasteiger partial charge < -0.3 is 10.4 Å².